The van der Waals surface area contributed by atoms with Gasteiger partial charge in [-0.1, -0.05) is 22.0 Å². The molecule has 0 spiro atoms. The second kappa shape index (κ2) is 7.77. The number of amides is 1. The third-order valence-corrected chi connectivity index (χ3v) is 4.61. The molecule has 5 nitrogen and oxygen atoms in total. The molecule has 2 aromatic rings. The van der Waals surface area contributed by atoms with Gasteiger partial charge in [-0.25, -0.2) is 4.98 Å². The van der Waals surface area contributed by atoms with Crippen LogP contribution in [0, 0.1) is 0 Å². The lowest BCUT2D eigenvalue weighted by molar-refractivity contribution is 0.0697. The molecule has 1 aromatic carbocycles. The van der Waals surface area contributed by atoms with E-state index in [-0.39, 0.29) is 5.91 Å². The van der Waals surface area contributed by atoms with Crippen molar-refractivity contribution >= 4 is 21.8 Å². The number of hydrogen-bond acceptors (Lipinski definition) is 4. The molecule has 126 valence electrons. The summed E-state index contributed by atoms with van der Waals surface area (Å²) in [5.41, 5.74) is 0.591. The number of rotatable bonds is 4. The fraction of sp³-hybridized carbons (Fsp3) is 0.333. The number of halogens is 1. The molecule has 3 rings (SSSR count). The van der Waals surface area contributed by atoms with Gasteiger partial charge in [0.15, 0.2) is 0 Å². The first kappa shape index (κ1) is 16.9. The topological polar surface area (TPSA) is 54.5 Å². The smallest absolute Gasteiger partial charge is 0.255 e. The van der Waals surface area contributed by atoms with Crippen molar-refractivity contribution in [2.24, 2.45) is 0 Å². The summed E-state index contributed by atoms with van der Waals surface area (Å²) in [6, 6.07) is 11.4. The molecule has 1 aliphatic heterocycles. The van der Waals surface area contributed by atoms with Crippen molar-refractivity contribution in [3.63, 3.8) is 0 Å². The van der Waals surface area contributed by atoms with Crippen molar-refractivity contribution in [3.8, 4) is 11.6 Å². The minimum absolute atomic E-state index is 0.0245. The standard InChI is InChI=1S/C18H20BrN3O2/c1-20-15-5-3-9-22(12-15)18(23)13-7-8-17(21-11-13)24-16-6-2-4-14(19)10-16/h2,4,6-8,10-11,15,20H,3,5,9,12H2,1H3/t15-/m1/s1. The molecule has 0 unspecified atom stereocenters. The summed E-state index contributed by atoms with van der Waals surface area (Å²) >= 11 is 3.41. The SMILES string of the molecule is CN[C@@H]1CCCN(C(=O)c2ccc(Oc3cccc(Br)c3)nc2)C1. The lowest BCUT2D eigenvalue weighted by atomic mass is 10.1. The Balaban J connectivity index is 1.66. The first-order valence-electron chi connectivity index (χ1n) is 8.02. The lowest BCUT2D eigenvalue weighted by Crippen LogP contribution is -2.46. The van der Waals surface area contributed by atoms with E-state index in [9.17, 15) is 4.79 Å². The summed E-state index contributed by atoms with van der Waals surface area (Å²) in [6.07, 6.45) is 3.71. The van der Waals surface area contributed by atoms with Crippen LogP contribution >= 0.6 is 15.9 Å². The fourth-order valence-electron chi connectivity index (χ4n) is 2.80. The zero-order valence-electron chi connectivity index (χ0n) is 13.5. The van der Waals surface area contributed by atoms with E-state index in [2.05, 4.69) is 26.2 Å². The third-order valence-electron chi connectivity index (χ3n) is 4.12. The highest BCUT2D eigenvalue weighted by atomic mass is 79.9. The first-order valence-corrected chi connectivity index (χ1v) is 8.81. The molecule has 0 bridgehead atoms. The largest absolute Gasteiger partial charge is 0.439 e. The Bertz CT molecular complexity index is 706. The van der Waals surface area contributed by atoms with Crippen LogP contribution in [0.15, 0.2) is 47.1 Å². The van der Waals surface area contributed by atoms with Crippen LogP contribution in [0.25, 0.3) is 0 Å². The monoisotopic (exact) mass is 389 g/mol. The van der Waals surface area contributed by atoms with E-state index < -0.39 is 0 Å². The zero-order valence-corrected chi connectivity index (χ0v) is 15.1. The Morgan fingerprint density at radius 2 is 2.25 bits per heavy atom. The van der Waals surface area contributed by atoms with Gasteiger partial charge in [-0.15, -0.1) is 0 Å². The minimum Gasteiger partial charge on any atom is -0.439 e. The van der Waals surface area contributed by atoms with Gasteiger partial charge in [-0.05, 0) is 44.2 Å². The van der Waals surface area contributed by atoms with Gasteiger partial charge in [0.2, 0.25) is 5.88 Å². The van der Waals surface area contributed by atoms with E-state index in [4.69, 9.17) is 4.74 Å². The van der Waals surface area contributed by atoms with Gasteiger partial charge in [0, 0.05) is 35.9 Å². The van der Waals surface area contributed by atoms with E-state index in [0.29, 0.717) is 23.2 Å². The molecular weight excluding hydrogens is 370 g/mol. The maximum absolute atomic E-state index is 12.6. The Morgan fingerprint density at radius 3 is 2.96 bits per heavy atom. The van der Waals surface area contributed by atoms with Crippen molar-refractivity contribution in [3.05, 3.63) is 52.6 Å². The Morgan fingerprint density at radius 1 is 1.38 bits per heavy atom. The Labute approximate surface area is 150 Å². The molecule has 1 aromatic heterocycles. The van der Waals surface area contributed by atoms with Gasteiger partial charge < -0.3 is 15.0 Å². The highest BCUT2D eigenvalue weighted by Gasteiger charge is 2.23. The summed E-state index contributed by atoms with van der Waals surface area (Å²) in [7, 11) is 1.94. The predicted molar refractivity (Wildman–Crippen MR) is 96.4 cm³/mol. The molecule has 1 atom stereocenters. The number of pyridine rings is 1. The van der Waals surface area contributed by atoms with E-state index in [0.717, 1.165) is 30.4 Å². The molecule has 6 heteroatoms. The van der Waals surface area contributed by atoms with Gasteiger partial charge in [0.1, 0.15) is 5.75 Å². The van der Waals surface area contributed by atoms with Crippen LogP contribution in [0.1, 0.15) is 23.2 Å². The summed E-state index contributed by atoms with van der Waals surface area (Å²) in [5.74, 6) is 1.19. The highest BCUT2D eigenvalue weighted by Crippen LogP contribution is 2.23. The molecule has 1 amide bonds. The van der Waals surface area contributed by atoms with Crippen LogP contribution in [0.2, 0.25) is 0 Å². The van der Waals surface area contributed by atoms with Crippen molar-refractivity contribution < 1.29 is 9.53 Å². The van der Waals surface area contributed by atoms with Crippen LogP contribution in [-0.2, 0) is 0 Å². The summed E-state index contributed by atoms with van der Waals surface area (Å²) in [6.45, 7) is 1.54. The van der Waals surface area contributed by atoms with Crippen LogP contribution in [0.3, 0.4) is 0 Å². The summed E-state index contributed by atoms with van der Waals surface area (Å²) in [5, 5.41) is 3.25. The van der Waals surface area contributed by atoms with Crippen molar-refractivity contribution in [1.29, 1.82) is 0 Å². The number of carbonyl (C=O) groups is 1. The van der Waals surface area contributed by atoms with Crippen molar-refractivity contribution in [2.45, 2.75) is 18.9 Å². The number of likely N-dealkylation sites (N-methyl/N-ethyl adjacent to an activating group) is 1. The van der Waals surface area contributed by atoms with Crippen LogP contribution < -0.4 is 10.1 Å². The van der Waals surface area contributed by atoms with Crippen molar-refractivity contribution in [1.82, 2.24) is 15.2 Å². The van der Waals surface area contributed by atoms with Gasteiger partial charge in [-0.2, -0.15) is 0 Å². The highest BCUT2D eigenvalue weighted by molar-refractivity contribution is 9.10. The number of nitrogens with one attached hydrogen (secondary N) is 1. The second-order valence-electron chi connectivity index (χ2n) is 5.82. The fourth-order valence-corrected chi connectivity index (χ4v) is 3.18. The van der Waals surface area contributed by atoms with Gasteiger partial charge in [-0.3, -0.25) is 4.79 Å². The number of aromatic nitrogens is 1. The average molecular weight is 390 g/mol. The lowest BCUT2D eigenvalue weighted by Gasteiger charge is -2.32. The Hall–Kier alpha value is -1.92. The van der Waals surface area contributed by atoms with E-state index in [1.807, 2.05) is 36.2 Å². The molecule has 0 saturated carbocycles. The molecule has 0 radical (unpaired) electrons. The number of carbonyl (C=O) groups excluding carboxylic acids is 1. The molecule has 1 fully saturated rings. The molecule has 2 heterocycles. The molecule has 24 heavy (non-hydrogen) atoms. The number of likely N-dealkylation sites (tertiary alicyclic amines) is 1. The summed E-state index contributed by atoms with van der Waals surface area (Å²) in [4.78, 5) is 18.7. The van der Waals surface area contributed by atoms with Crippen LogP contribution in [0.4, 0.5) is 0 Å². The number of nitrogens with zero attached hydrogens (tertiary/aromatic N) is 2. The molecule has 1 saturated heterocycles. The number of piperidine rings is 1. The number of benzene rings is 1. The minimum atomic E-state index is 0.0245. The van der Waals surface area contributed by atoms with Crippen LogP contribution in [-0.4, -0.2) is 42.0 Å². The number of ether oxygens (including phenoxy) is 1. The Kier molecular flexibility index (Phi) is 5.48. The molecule has 1 N–H and O–H groups in total. The van der Waals surface area contributed by atoms with Crippen molar-refractivity contribution in [2.75, 3.05) is 20.1 Å². The van der Waals surface area contributed by atoms with Gasteiger partial charge >= 0.3 is 0 Å². The van der Waals surface area contributed by atoms with Gasteiger partial charge in [0.05, 0.1) is 5.56 Å². The molecule has 1 aliphatic rings. The van der Waals surface area contributed by atoms with E-state index in [1.54, 1.807) is 18.3 Å². The normalized spacial score (nSPS) is 17.6. The quantitative estimate of drug-likeness (QED) is 0.869. The second-order valence-corrected chi connectivity index (χ2v) is 6.74. The molecule has 0 aliphatic carbocycles. The van der Waals surface area contributed by atoms with E-state index >= 15 is 0 Å². The summed E-state index contributed by atoms with van der Waals surface area (Å²) < 4.78 is 6.64. The third kappa shape index (κ3) is 4.13. The predicted octanol–water partition coefficient (Wildman–Crippen LogP) is 3.46. The van der Waals surface area contributed by atoms with E-state index in [1.165, 1.54) is 0 Å². The van der Waals surface area contributed by atoms with Gasteiger partial charge in [0.25, 0.3) is 5.91 Å². The molecular formula is C18H20BrN3O2. The maximum atomic E-state index is 12.6. The van der Waals surface area contributed by atoms with Crippen LogP contribution in [0.5, 0.6) is 11.6 Å². The number of hydrogen-bond donors (Lipinski definition) is 1. The maximum Gasteiger partial charge on any atom is 0.255 e. The average Bonchev–Trinajstić information content (AvgIpc) is 2.62. The first-order chi connectivity index (χ1) is 11.7. The zero-order chi connectivity index (χ0) is 16.9.